The van der Waals surface area contributed by atoms with Gasteiger partial charge in [0.2, 0.25) is 0 Å². The van der Waals surface area contributed by atoms with E-state index in [-0.39, 0.29) is 16.3 Å². The molecule has 0 saturated carbocycles. The number of aromatic nitrogens is 1. The first kappa shape index (κ1) is 25.2. The Labute approximate surface area is 184 Å². The first-order valence-corrected chi connectivity index (χ1v) is 10.4. The molecule has 0 bridgehead atoms. The predicted molar refractivity (Wildman–Crippen MR) is 110 cm³/mol. The highest BCUT2D eigenvalue weighted by atomic mass is 35.5. The Kier molecular flexibility index (Phi) is 7.47. The largest absolute Gasteiger partial charge is 0.598 e. The molecule has 2 rings (SSSR count). The van der Waals surface area contributed by atoms with Gasteiger partial charge in [0.25, 0.3) is 0 Å². The lowest BCUT2D eigenvalue weighted by molar-refractivity contribution is -0.137. The zero-order valence-corrected chi connectivity index (χ0v) is 18.4. The first-order chi connectivity index (χ1) is 14.2. The second-order valence-corrected chi connectivity index (χ2v) is 10.1. The third-order valence-electron chi connectivity index (χ3n) is 4.28. The molecule has 0 aliphatic carbocycles. The second kappa shape index (κ2) is 9.19. The highest BCUT2D eigenvalue weighted by Gasteiger charge is 2.45. The average molecular weight is 481 g/mol. The van der Waals surface area contributed by atoms with E-state index in [0.717, 1.165) is 6.07 Å². The number of amidine groups is 1. The van der Waals surface area contributed by atoms with Crippen LogP contribution < -0.4 is 10.5 Å². The van der Waals surface area contributed by atoms with Gasteiger partial charge < -0.3 is 15.5 Å². The molecule has 2 atom stereocenters. The van der Waals surface area contributed by atoms with Crippen molar-refractivity contribution in [3.63, 3.8) is 0 Å². The van der Waals surface area contributed by atoms with Gasteiger partial charge in [-0.2, -0.15) is 13.2 Å². The average Bonchev–Trinajstić information content (AvgIpc) is 2.65. The van der Waals surface area contributed by atoms with Crippen molar-refractivity contribution in [2.45, 2.75) is 43.7 Å². The number of nitrogens with two attached hydrogens (primary N) is 1. The van der Waals surface area contributed by atoms with Crippen LogP contribution in [0.5, 0.6) is 0 Å². The monoisotopic (exact) mass is 480 g/mol. The topological polar surface area (TPSA) is 107 Å². The van der Waals surface area contributed by atoms with Crippen molar-refractivity contribution in [2.75, 3.05) is 0 Å². The number of alkyl halides is 3. The van der Waals surface area contributed by atoms with Crippen LogP contribution in [0.3, 0.4) is 0 Å². The zero-order valence-electron chi connectivity index (χ0n) is 16.8. The summed E-state index contributed by atoms with van der Waals surface area (Å²) in [7, 11) is 0. The van der Waals surface area contributed by atoms with E-state index in [0.29, 0.717) is 12.1 Å². The number of oxime groups is 1. The number of halogens is 5. The number of rotatable bonds is 6. The SMILES string of the molecule is CC(C)(C)[S+]([O-])N[C@](C/C(N)=N/O)(c1cc(F)cc(C(F)(F)F)c1)c1ccc(Cl)cn1. The van der Waals surface area contributed by atoms with Gasteiger partial charge in [0.05, 0.1) is 16.3 Å². The molecule has 0 amide bonds. The highest BCUT2D eigenvalue weighted by molar-refractivity contribution is 7.90. The fourth-order valence-corrected chi connectivity index (χ4v) is 3.76. The normalized spacial score (nSPS) is 16.1. The Hall–Kier alpha value is -2.08. The molecular weight excluding hydrogens is 460 g/mol. The van der Waals surface area contributed by atoms with Crippen LogP contribution in [0.1, 0.15) is 44.0 Å². The van der Waals surface area contributed by atoms with E-state index in [1.54, 1.807) is 20.8 Å². The minimum atomic E-state index is -4.85. The van der Waals surface area contributed by atoms with Crippen LogP contribution >= 0.6 is 11.6 Å². The quantitative estimate of drug-likeness (QED) is 0.142. The smallest absolute Gasteiger partial charge is 0.416 e. The van der Waals surface area contributed by atoms with Gasteiger partial charge in [0.1, 0.15) is 21.9 Å². The van der Waals surface area contributed by atoms with E-state index in [2.05, 4.69) is 14.9 Å². The molecule has 2 aromatic rings. The summed E-state index contributed by atoms with van der Waals surface area (Å²) in [6.45, 7) is 4.89. The van der Waals surface area contributed by atoms with Crippen LogP contribution in [-0.4, -0.2) is 25.3 Å². The Morgan fingerprint density at radius 2 is 1.84 bits per heavy atom. The number of hydrogen-bond donors (Lipinski definition) is 3. The number of hydrogen-bond acceptors (Lipinski definition) is 5. The summed E-state index contributed by atoms with van der Waals surface area (Å²) >= 11 is 4.00. The molecule has 31 heavy (non-hydrogen) atoms. The lowest BCUT2D eigenvalue weighted by Gasteiger charge is -2.37. The van der Waals surface area contributed by atoms with Crippen molar-refractivity contribution in [2.24, 2.45) is 10.9 Å². The third kappa shape index (κ3) is 6.00. The Bertz CT molecular complexity index is 951. The number of nitrogens with zero attached hydrogens (tertiary/aromatic N) is 2. The molecule has 170 valence electrons. The van der Waals surface area contributed by atoms with Gasteiger partial charge >= 0.3 is 6.18 Å². The van der Waals surface area contributed by atoms with Crippen LogP contribution in [-0.2, 0) is 23.1 Å². The Morgan fingerprint density at radius 1 is 1.23 bits per heavy atom. The molecule has 1 aromatic carbocycles. The summed E-state index contributed by atoms with van der Waals surface area (Å²) in [5, 5.41) is 12.3. The van der Waals surface area contributed by atoms with Crippen LogP contribution in [0.4, 0.5) is 17.6 Å². The maximum absolute atomic E-state index is 14.3. The first-order valence-electron chi connectivity index (χ1n) is 8.85. The Balaban J connectivity index is 2.87. The van der Waals surface area contributed by atoms with Crippen molar-refractivity contribution in [1.29, 1.82) is 0 Å². The predicted octanol–water partition coefficient (Wildman–Crippen LogP) is 4.32. The van der Waals surface area contributed by atoms with Crippen molar-refractivity contribution in [3.8, 4) is 0 Å². The van der Waals surface area contributed by atoms with Gasteiger partial charge in [0, 0.05) is 24.0 Å². The molecule has 1 heterocycles. The van der Waals surface area contributed by atoms with E-state index in [1.165, 1.54) is 18.3 Å². The third-order valence-corrected chi connectivity index (χ3v) is 6.15. The summed E-state index contributed by atoms with van der Waals surface area (Å²) in [5.41, 5.74) is 2.37. The molecule has 4 N–H and O–H groups in total. The zero-order chi connectivity index (χ0) is 23.6. The molecule has 0 fully saturated rings. The molecule has 1 aromatic heterocycles. The molecule has 6 nitrogen and oxygen atoms in total. The molecule has 0 aliphatic heterocycles. The van der Waals surface area contributed by atoms with Gasteiger partial charge in [-0.25, -0.2) is 4.39 Å². The second-order valence-electron chi connectivity index (χ2n) is 7.74. The number of benzene rings is 1. The fraction of sp³-hybridized carbons (Fsp3) is 0.368. The number of nitrogens with one attached hydrogen (secondary N) is 1. The minimum absolute atomic E-state index is 0.0415. The molecule has 1 unspecified atom stereocenters. The summed E-state index contributed by atoms with van der Waals surface area (Å²) in [5.74, 6) is -1.58. The summed E-state index contributed by atoms with van der Waals surface area (Å²) in [6, 6.07) is 4.68. The van der Waals surface area contributed by atoms with Gasteiger partial charge in [0.15, 0.2) is 0 Å². The maximum atomic E-state index is 14.3. The van der Waals surface area contributed by atoms with Crippen molar-refractivity contribution < 1.29 is 27.3 Å². The standard InChI is InChI=1S/C19H21ClF4N4O2S/c1-17(2,3)31(30)28-18(9-16(25)27-29,15-5-4-13(20)10-26-15)11-6-12(19(22,23)24)8-14(21)7-11/h4-8,10,28-29H,9H2,1-3H3,(H2,25,27)/t18-,31?/m1/s1. The molecule has 12 heteroatoms. The maximum Gasteiger partial charge on any atom is 0.416 e. The minimum Gasteiger partial charge on any atom is -0.598 e. The van der Waals surface area contributed by atoms with E-state index < -0.39 is 51.5 Å². The van der Waals surface area contributed by atoms with Crippen LogP contribution in [0.15, 0.2) is 41.7 Å². The number of pyridine rings is 1. The van der Waals surface area contributed by atoms with Crippen molar-refractivity contribution >= 4 is 28.8 Å². The summed E-state index contributed by atoms with van der Waals surface area (Å²) in [4.78, 5) is 4.15. The Morgan fingerprint density at radius 3 is 2.32 bits per heavy atom. The van der Waals surface area contributed by atoms with Crippen LogP contribution in [0.2, 0.25) is 5.02 Å². The van der Waals surface area contributed by atoms with Gasteiger partial charge in [-0.15, -0.1) is 4.72 Å². The molecule has 0 saturated heterocycles. The fourth-order valence-electron chi connectivity index (χ4n) is 2.73. The van der Waals surface area contributed by atoms with E-state index in [4.69, 9.17) is 22.5 Å². The van der Waals surface area contributed by atoms with Gasteiger partial charge in [-0.05, 0) is 56.7 Å². The molecular formula is C19H21ClF4N4O2S. The summed E-state index contributed by atoms with van der Waals surface area (Å²) < 4.78 is 69.4. The van der Waals surface area contributed by atoms with Gasteiger partial charge in [-0.3, -0.25) is 4.98 Å². The van der Waals surface area contributed by atoms with E-state index in [9.17, 15) is 22.1 Å². The highest BCUT2D eigenvalue weighted by Crippen LogP contribution is 2.39. The van der Waals surface area contributed by atoms with E-state index >= 15 is 0 Å². The molecule has 0 spiro atoms. The van der Waals surface area contributed by atoms with E-state index in [1.807, 2.05) is 0 Å². The lowest BCUT2D eigenvalue weighted by Crippen LogP contribution is -2.54. The summed E-state index contributed by atoms with van der Waals surface area (Å²) in [6.07, 6.45) is -4.10. The van der Waals surface area contributed by atoms with Crippen LogP contribution in [0, 0.1) is 5.82 Å². The van der Waals surface area contributed by atoms with Gasteiger partial charge in [-0.1, -0.05) is 16.8 Å². The van der Waals surface area contributed by atoms with Crippen LogP contribution in [0.25, 0.3) is 0 Å². The lowest BCUT2D eigenvalue weighted by atomic mass is 9.82. The molecule has 0 radical (unpaired) electrons. The van der Waals surface area contributed by atoms with Crippen molar-refractivity contribution in [1.82, 2.24) is 9.71 Å². The molecule has 0 aliphatic rings. The van der Waals surface area contributed by atoms with Crippen molar-refractivity contribution in [3.05, 3.63) is 64.2 Å².